The minimum absolute atomic E-state index is 0.0844. The van der Waals surface area contributed by atoms with Gasteiger partial charge in [-0.3, -0.25) is 10.1 Å². The summed E-state index contributed by atoms with van der Waals surface area (Å²) in [5.74, 6) is 0. The number of aryl methyl sites for hydroxylation is 1. The van der Waals surface area contributed by atoms with E-state index in [2.05, 4.69) is 42.0 Å². The van der Waals surface area contributed by atoms with E-state index in [4.69, 9.17) is 0 Å². The van der Waals surface area contributed by atoms with Gasteiger partial charge in [0.1, 0.15) is 0 Å². The molecule has 0 radical (unpaired) electrons. The molecule has 0 atom stereocenters. The molecule has 2 rings (SSSR count). The predicted molar refractivity (Wildman–Crippen MR) is 57.3 cm³/mol. The van der Waals surface area contributed by atoms with Crippen molar-refractivity contribution < 1.29 is 0 Å². The Morgan fingerprint density at radius 1 is 1.29 bits per heavy atom. The molecule has 0 spiro atoms. The van der Waals surface area contributed by atoms with Crippen LogP contribution in [0.2, 0.25) is 0 Å². The molecule has 0 aliphatic carbocycles. The highest BCUT2D eigenvalue weighted by Gasteiger charge is 2.16. The number of nitrogens with zero attached hydrogens (tertiary/aromatic N) is 2. The van der Waals surface area contributed by atoms with E-state index in [0.717, 1.165) is 22.3 Å². The Hall–Kier alpha value is -1.38. The van der Waals surface area contributed by atoms with Crippen LogP contribution in [0, 0.1) is 6.92 Å². The van der Waals surface area contributed by atoms with Gasteiger partial charge in [-0.15, -0.1) is 0 Å². The maximum absolute atomic E-state index is 4.45. The van der Waals surface area contributed by atoms with Crippen molar-refractivity contribution in [3.05, 3.63) is 23.7 Å². The summed E-state index contributed by atoms with van der Waals surface area (Å²) in [5, 5.41) is 8.30. The molecule has 0 fully saturated rings. The van der Waals surface area contributed by atoms with Gasteiger partial charge in [0.25, 0.3) is 0 Å². The maximum Gasteiger partial charge on any atom is 0.0957 e. The number of fused-ring (bicyclic) bond motifs is 1. The molecule has 3 nitrogen and oxygen atoms in total. The van der Waals surface area contributed by atoms with Crippen LogP contribution < -0.4 is 0 Å². The van der Waals surface area contributed by atoms with Gasteiger partial charge < -0.3 is 0 Å². The van der Waals surface area contributed by atoms with Crippen molar-refractivity contribution in [2.24, 2.45) is 0 Å². The lowest BCUT2D eigenvalue weighted by molar-refractivity contribution is 0.570. The van der Waals surface area contributed by atoms with Crippen LogP contribution in [0.4, 0.5) is 0 Å². The molecule has 0 aliphatic rings. The number of pyridine rings is 1. The molecule has 0 aliphatic heterocycles. The highest BCUT2D eigenvalue weighted by atomic mass is 15.1. The maximum atomic E-state index is 4.45. The first kappa shape index (κ1) is 9.19. The Balaban J connectivity index is 2.63. The first-order valence-corrected chi connectivity index (χ1v) is 4.80. The van der Waals surface area contributed by atoms with Gasteiger partial charge >= 0.3 is 0 Å². The van der Waals surface area contributed by atoms with Crippen LogP contribution in [0.3, 0.4) is 0 Å². The van der Waals surface area contributed by atoms with Crippen LogP contribution in [0.5, 0.6) is 0 Å². The van der Waals surface area contributed by atoms with Crippen LogP contribution in [0.15, 0.2) is 12.3 Å². The lowest BCUT2D eigenvalue weighted by Gasteiger charge is -2.16. The molecule has 0 bridgehead atoms. The zero-order valence-electron chi connectivity index (χ0n) is 9.05. The molecular weight excluding hydrogens is 174 g/mol. The van der Waals surface area contributed by atoms with Gasteiger partial charge in [-0.25, -0.2) is 0 Å². The molecule has 74 valence electrons. The van der Waals surface area contributed by atoms with Crippen molar-refractivity contribution in [2.45, 2.75) is 33.1 Å². The zero-order chi connectivity index (χ0) is 10.3. The Kier molecular flexibility index (Phi) is 1.84. The predicted octanol–water partition coefficient (Wildman–Crippen LogP) is 2.56. The van der Waals surface area contributed by atoms with Crippen LogP contribution in [-0.2, 0) is 5.41 Å². The van der Waals surface area contributed by atoms with E-state index in [1.807, 2.05) is 13.1 Å². The average Bonchev–Trinajstić information content (AvgIpc) is 2.46. The van der Waals surface area contributed by atoms with Crippen LogP contribution in [0.1, 0.15) is 32.2 Å². The molecule has 0 saturated carbocycles. The first-order valence-electron chi connectivity index (χ1n) is 4.80. The van der Waals surface area contributed by atoms with Gasteiger partial charge in [0, 0.05) is 28.4 Å². The molecule has 0 amide bonds. The lowest BCUT2D eigenvalue weighted by Crippen LogP contribution is -2.12. The first-order chi connectivity index (χ1) is 6.48. The van der Waals surface area contributed by atoms with Crippen LogP contribution in [0.25, 0.3) is 10.9 Å². The van der Waals surface area contributed by atoms with Crippen molar-refractivity contribution >= 4 is 10.9 Å². The van der Waals surface area contributed by atoms with E-state index in [9.17, 15) is 0 Å². The highest BCUT2D eigenvalue weighted by Crippen LogP contribution is 2.23. The third kappa shape index (κ3) is 1.39. The summed E-state index contributed by atoms with van der Waals surface area (Å²) in [6, 6.07) is 2.05. The number of hydrogen-bond donors (Lipinski definition) is 1. The third-order valence-electron chi connectivity index (χ3n) is 2.40. The van der Waals surface area contributed by atoms with Crippen LogP contribution in [-0.4, -0.2) is 15.2 Å². The fraction of sp³-hybridized carbons (Fsp3) is 0.455. The zero-order valence-corrected chi connectivity index (χ0v) is 9.05. The van der Waals surface area contributed by atoms with E-state index >= 15 is 0 Å². The summed E-state index contributed by atoms with van der Waals surface area (Å²) in [6.45, 7) is 8.47. The van der Waals surface area contributed by atoms with Gasteiger partial charge in [-0.1, -0.05) is 20.8 Å². The summed E-state index contributed by atoms with van der Waals surface area (Å²) < 4.78 is 0. The number of aromatic nitrogens is 3. The van der Waals surface area contributed by atoms with E-state index in [-0.39, 0.29) is 5.41 Å². The molecule has 2 heterocycles. The van der Waals surface area contributed by atoms with Crippen molar-refractivity contribution in [1.82, 2.24) is 15.2 Å². The molecule has 2 aromatic heterocycles. The van der Waals surface area contributed by atoms with Gasteiger partial charge in [0.15, 0.2) is 0 Å². The Morgan fingerprint density at radius 2 is 2.00 bits per heavy atom. The van der Waals surface area contributed by atoms with Crippen molar-refractivity contribution in [3.63, 3.8) is 0 Å². The van der Waals surface area contributed by atoms with Crippen molar-refractivity contribution in [3.8, 4) is 0 Å². The molecule has 3 heteroatoms. The molecule has 1 N–H and O–H groups in total. The van der Waals surface area contributed by atoms with Gasteiger partial charge in [-0.2, -0.15) is 5.10 Å². The quantitative estimate of drug-likeness (QED) is 0.692. The second-order valence-corrected chi connectivity index (χ2v) is 4.69. The standard InChI is InChI=1S/C11H15N3/c1-7-8-6-12-10(11(2,3)4)5-9(8)14-13-7/h5-6H,1-4H3,(H,13,14). The summed E-state index contributed by atoms with van der Waals surface area (Å²) in [4.78, 5) is 4.45. The minimum atomic E-state index is 0.0844. The molecule has 2 aromatic rings. The largest absolute Gasteiger partial charge is 0.282 e. The topological polar surface area (TPSA) is 41.6 Å². The summed E-state index contributed by atoms with van der Waals surface area (Å²) in [6.07, 6.45) is 1.90. The van der Waals surface area contributed by atoms with Gasteiger partial charge in [0.2, 0.25) is 0 Å². The summed E-state index contributed by atoms with van der Waals surface area (Å²) in [5.41, 5.74) is 3.24. The summed E-state index contributed by atoms with van der Waals surface area (Å²) >= 11 is 0. The second-order valence-electron chi connectivity index (χ2n) is 4.69. The number of aromatic amines is 1. The second kappa shape index (κ2) is 2.80. The smallest absolute Gasteiger partial charge is 0.0957 e. The van der Waals surface area contributed by atoms with Crippen molar-refractivity contribution in [2.75, 3.05) is 0 Å². The number of H-pyrrole nitrogens is 1. The Labute approximate surface area is 83.6 Å². The molecule has 0 aromatic carbocycles. The molecule has 0 unspecified atom stereocenters. The fourth-order valence-electron chi connectivity index (χ4n) is 1.44. The van der Waals surface area contributed by atoms with E-state index in [0.29, 0.717) is 0 Å². The normalized spacial score (nSPS) is 12.3. The number of rotatable bonds is 0. The molecular formula is C11H15N3. The molecule has 14 heavy (non-hydrogen) atoms. The fourth-order valence-corrected chi connectivity index (χ4v) is 1.44. The number of hydrogen-bond acceptors (Lipinski definition) is 2. The van der Waals surface area contributed by atoms with Gasteiger partial charge in [0.05, 0.1) is 5.52 Å². The van der Waals surface area contributed by atoms with Gasteiger partial charge in [-0.05, 0) is 13.0 Å². The highest BCUT2D eigenvalue weighted by molar-refractivity contribution is 5.80. The average molecular weight is 189 g/mol. The monoisotopic (exact) mass is 189 g/mol. The van der Waals surface area contributed by atoms with Crippen LogP contribution >= 0.6 is 0 Å². The summed E-state index contributed by atoms with van der Waals surface area (Å²) in [7, 11) is 0. The van der Waals surface area contributed by atoms with E-state index < -0.39 is 0 Å². The van der Waals surface area contributed by atoms with Crippen molar-refractivity contribution in [1.29, 1.82) is 0 Å². The third-order valence-corrected chi connectivity index (χ3v) is 2.40. The SMILES string of the molecule is Cc1[nH]nc2cc(C(C)(C)C)ncc12. The lowest BCUT2D eigenvalue weighted by atomic mass is 9.91. The Morgan fingerprint density at radius 3 is 2.64 bits per heavy atom. The number of nitrogens with one attached hydrogen (secondary N) is 1. The van der Waals surface area contributed by atoms with E-state index in [1.165, 1.54) is 0 Å². The Bertz CT molecular complexity index is 463. The van der Waals surface area contributed by atoms with E-state index in [1.54, 1.807) is 0 Å². The minimum Gasteiger partial charge on any atom is -0.282 e. The molecule has 0 saturated heterocycles.